The molecule has 4 aromatic rings. The Morgan fingerprint density at radius 2 is 1.41 bits per heavy atom. The maximum Gasteiger partial charge on any atom is 0.321 e. The molecule has 1 aliphatic heterocycles. The summed E-state index contributed by atoms with van der Waals surface area (Å²) in [6.45, 7) is 6.28. The van der Waals surface area contributed by atoms with E-state index >= 15 is 0 Å². The van der Waals surface area contributed by atoms with Crippen LogP contribution >= 0.6 is 0 Å². The summed E-state index contributed by atoms with van der Waals surface area (Å²) in [5.41, 5.74) is 5.13. The minimum Gasteiger partial charge on any atom is -0.462 e. The second kappa shape index (κ2) is 18.3. The Balaban J connectivity index is 1.12. The van der Waals surface area contributed by atoms with Crippen molar-refractivity contribution in [3.05, 3.63) is 125 Å². The van der Waals surface area contributed by atoms with Crippen molar-refractivity contribution in [2.24, 2.45) is 5.92 Å². The van der Waals surface area contributed by atoms with Crippen LogP contribution in [0.25, 0.3) is 0 Å². The first-order chi connectivity index (χ1) is 26.8. The molecule has 1 N–H and O–H groups in total. The van der Waals surface area contributed by atoms with Gasteiger partial charge in [0.05, 0.1) is 0 Å². The number of carbonyl (C=O) groups excluding carboxylic acids is 3. The van der Waals surface area contributed by atoms with E-state index in [-0.39, 0.29) is 30.3 Å². The van der Waals surface area contributed by atoms with Crippen LogP contribution in [0.2, 0.25) is 0 Å². The molecule has 2 aliphatic rings. The Kier molecular flexibility index (Phi) is 13.3. The summed E-state index contributed by atoms with van der Waals surface area (Å²) in [6, 6.07) is 30.7. The first-order valence-corrected chi connectivity index (χ1v) is 21.5. The molecule has 1 fully saturated rings. The van der Waals surface area contributed by atoms with Crippen molar-refractivity contribution in [1.82, 2.24) is 0 Å². The monoisotopic (exact) mass is 779 g/mol. The third-order valence-corrected chi connectivity index (χ3v) is 12.0. The molecule has 1 amide bonds. The van der Waals surface area contributed by atoms with Gasteiger partial charge >= 0.3 is 11.9 Å². The van der Waals surface area contributed by atoms with E-state index in [1.165, 1.54) is 6.42 Å². The lowest BCUT2D eigenvalue weighted by Gasteiger charge is -2.29. The Bertz CT molecular complexity index is 2060. The van der Waals surface area contributed by atoms with Crippen LogP contribution in [-0.4, -0.2) is 43.9 Å². The van der Waals surface area contributed by atoms with Crippen LogP contribution in [0.3, 0.4) is 0 Å². The Labute approximate surface area is 331 Å². The fourth-order valence-corrected chi connectivity index (χ4v) is 8.85. The second-order valence-electron chi connectivity index (χ2n) is 16.2. The molecule has 9 nitrogen and oxygen atoms in total. The van der Waals surface area contributed by atoms with E-state index in [1.54, 1.807) is 24.3 Å². The van der Waals surface area contributed by atoms with Gasteiger partial charge in [0.1, 0.15) is 35.7 Å². The number of sulfone groups is 1. The Morgan fingerprint density at radius 3 is 2.07 bits per heavy atom. The van der Waals surface area contributed by atoms with Crippen molar-refractivity contribution in [3.8, 4) is 11.5 Å². The fraction of sp³-hybridized carbons (Fsp3) is 0.413. The van der Waals surface area contributed by atoms with Crippen LogP contribution in [0.15, 0.2) is 97.1 Å². The van der Waals surface area contributed by atoms with Crippen LogP contribution < -0.4 is 10.1 Å². The molecule has 4 aromatic carbocycles. The molecule has 296 valence electrons. The first kappa shape index (κ1) is 40.7. The van der Waals surface area contributed by atoms with E-state index in [1.807, 2.05) is 66.7 Å². The SMILES string of the molecule is CC(C)(C)c1ccc(CCC(CC2CCCCC2)OC(=O)CS(=O)(=O)CC(=O)OCc2ccccc2)cc1NC(=O)CC1c2ccccc2Oc2ccccc21. The number of hydrogen-bond donors (Lipinski definition) is 1. The number of ether oxygens (including phenoxy) is 3. The summed E-state index contributed by atoms with van der Waals surface area (Å²) in [7, 11) is -4.11. The zero-order valence-electron chi connectivity index (χ0n) is 32.6. The number of fused-ring (bicyclic) bond motifs is 2. The predicted octanol–water partition coefficient (Wildman–Crippen LogP) is 9.22. The number of amides is 1. The van der Waals surface area contributed by atoms with Crippen LogP contribution in [0, 0.1) is 5.92 Å². The standard InChI is InChI=1S/C46H53NO8S/c1-46(2,3)39-25-23-33(27-40(39)47-43(48)28-38-36-18-10-12-20-41(36)55-42-21-13-11-19-37(38)42)22-24-35(26-32-14-6-4-7-15-32)54-45(50)31-56(51,52)30-44(49)53-29-34-16-8-5-9-17-34/h5,8-13,16-21,23,25,27,32,35,38H,4,6-7,14-15,22,24,26,28-31H2,1-3H3,(H,47,48). The number of para-hydroxylation sites is 2. The summed E-state index contributed by atoms with van der Waals surface area (Å²) in [6.07, 6.45) is 6.91. The maximum atomic E-state index is 13.9. The summed E-state index contributed by atoms with van der Waals surface area (Å²) in [5, 5.41) is 3.24. The number of benzene rings is 4. The largest absolute Gasteiger partial charge is 0.462 e. The highest BCUT2D eigenvalue weighted by Gasteiger charge is 2.30. The highest BCUT2D eigenvalue weighted by atomic mass is 32.2. The smallest absolute Gasteiger partial charge is 0.321 e. The average Bonchev–Trinajstić information content (AvgIpc) is 3.16. The molecule has 1 aliphatic carbocycles. The third kappa shape index (κ3) is 11.3. The summed E-state index contributed by atoms with van der Waals surface area (Å²) < 4.78 is 42.9. The van der Waals surface area contributed by atoms with Crippen molar-refractivity contribution in [2.75, 3.05) is 16.8 Å². The van der Waals surface area contributed by atoms with Gasteiger partial charge < -0.3 is 19.5 Å². The molecule has 1 unspecified atom stereocenters. The van der Waals surface area contributed by atoms with E-state index in [0.29, 0.717) is 25.2 Å². The van der Waals surface area contributed by atoms with Gasteiger partial charge in [0.25, 0.3) is 0 Å². The second-order valence-corrected chi connectivity index (χ2v) is 18.2. The van der Waals surface area contributed by atoms with E-state index in [0.717, 1.165) is 70.7 Å². The topological polar surface area (TPSA) is 125 Å². The molecule has 0 aromatic heterocycles. The van der Waals surface area contributed by atoms with Gasteiger partial charge in [-0.2, -0.15) is 0 Å². The van der Waals surface area contributed by atoms with Crippen molar-refractivity contribution in [3.63, 3.8) is 0 Å². The predicted molar refractivity (Wildman–Crippen MR) is 217 cm³/mol. The minimum atomic E-state index is -4.11. The fourth-order valence-electron chi connectivity index (χ4n) is 7.88. The molecule has 0 spiro atoms. The molecular formula is C46H53NO8S. The van der Waals surface area contributed by atoms with Crippen molar-refractivity contribution in [1.29, 1.82) is 0 Å². The van der Waals surface area contributed by atoms with Gasteiger partial charge in [-0.1, -0.05) is 132 Å². The number of rotatable bonds is 15. The highest BCUT2D eigenvalue weighted by Crippen LogP contribution is 2.45. The van der Waals surface area contributed by atoms with Gasteiger partial charge in [-0.3, -0.25) is 14.4 Å². The molecule has 1 saturated carbocycles. The van der Waals surface area contributed by atoms with Crippen molar-refractivity contribution < 1.29 is 37.0 Å². The minimum absolute atomic E-state index is 0.0514. The zero-order valence-corrected chi connectivity index (χ0v) is 33.4. The number of esters is 2. The van der Waals surface area contributed by atoms with Crippen LogP contribution in [0.5, 0.6) is 11.5 Å². The van der Waals surface area contributed by atoms with Crippen LogP contribution in [0.1, 0.15) is 106 Å². The molecule has 6 rings (SSSR count). The normalized spacial score (nSPS) is 15.1. The van der Waals surface area contributed by atoms with E-state index in [9.17, 15) is 22.8 Å². The number of carbonyl (C=O) groups is 3. The van der Waals surface area contributed by atoms with Gasteiger partial charge in [-0.25, -0.2) is 8.42 Å². The van der Waals surface area contributed by atoms with Gasteiger partial charge in [-0.05, 0) is 65.5 Å². The molecule has 0 radical (unpaired) electrons. The molecular weight excluding hydrogens is 727 g/mol. The Hall–Kier alpha value is -4.96. The molecule has 0 bridgehead atoms. The van der Waals surface area contributed by atoms with Gasteiger partial charge in [0, 0.05) is 29.2 Å². The van der Waals surface area contributed by atoms with Crippen LogP contribution in [0.4, 0.5) is 5.69 Å². The first-order valence-electron chi connectivity index (χ1n) is 19.7. The number of hydrogen-bond acceptors (Lipinski definition) is 8. The molecule has 1 heterocycles. The number of anilines is 1. The van der Waals surface area contributed by atoms with E-state index in [4.69, 9.17) is 14.2 Å². The number of nitrogens with one attached hydrogen (secondary N) is 1. The third-order valence-electron chi connectivity index (χ3n) is 10.7. The summed E-state index contributed by atoms with van der Waals surface area (Å²) >= 11 is 0. The molecule has 56 heavy (non-hydrogen) atoms. The maximum absolute atomic E-state index is 13.9. The lowest BCUT2D eigenvalue weighted by atomic mass is 9.83. The van der Waals surface area contributed by atoms with Gasteiger partial charge in [0.2, 0.25) is 5.91 Å². The van der Waals surface area contributed by atoms with E-state index < -0.39 is 39.4 Å². The van der Waals surface area contributed by atoms with Gasteiger partial charge in [0.15, 0.2) is 9.84 Å². The quantitative estimate of drug-likeness (QED) is 0.119. The lowest BCUT2D eigenvalue weighted by molar-refractivity contribution is -0.147. The van der Waals surface area contributed by atoms with Crippen molar-refractivity contribution >= 4 is 33.4 Å². The Morgan fingerprint density at radius 1 is 0.786 bits per heavy atom. The van der Waals surface area contributed by atoms with Crippen LogP contribution in [-0.2, 0) is 52.1 Å². The zero-order chi connectivity index (χ0) is 39.7. The average molecular weight is 780 g/mol. The van der Waals surface area contributed by atoms with Crippen molar-refractivity contribution in [2.45, 2.75) is 103 Å². The summed E-state index contributed by atoms with van der Waals surface area (Å²) in [4.78, 5) is 39.4. The lowest BCUT2D eigenvalue weighted by Crippen LogP contribution is -2.30. The number of aryl methyl sites for hydroxylation is 1. The molecule has 10 heteroatoms. The molecule has 1 atom stereocenters. The summed E-state index contributed by atoms with van der Waals surface area (Å²) in [5.74, 6) is -1.97. The highest BCUT2D eigenvalue weighted by molar-refractivity contribution is 7.92. The van der Waals surface area contributed by atoms with Gasteiger partial charge in [-0.15, -0.1) is 0 Å². The molecule has 0 saturated heterocycles. The van der Waals surface area contributed by atoms with E-state index in [2.05, 4.69) is 32.2 Å².